The minimum atomic E-state index is 0.588. The molecule has 0 saturated heterocycles. The number of para-hydroxylation sites is 1. The molecule has 0 radical (unpaired) electrons. The highest BCUT2D eigenvalue weighted by Crippen LogP contribution is 2.30. The van der Waals surface area contributed by atoms with Gasteiger partial charge in [-0.3, -0.25) is 0 Å². The van der Waals surface area contributed by atoms with E-state index in [0.29, 0.717) is 6.61 Å². The summed E-state index contributed by atoms with van der Waals surface area (Å²) in [6.07, 6.45) is 0. The molecule has 21 heavy (non-hydrogen) atoms. The van der Waals surface area contributed by atoms with Crippen LogP contribution in [-0.2, 0) is 13.2 Å². The third-order valence-electron chi connectivity index (χ3n) is 3.28. The molecule has 0 aliphatic heterocycles. The van der Waals surface area contributed by atoms with E-state index in [-0.39, 0.29) is 0 Å². The fraction of sp³-hybridized carbons (Fsp3) is 0.333. The van der Waals surface area contributed by atoms with Crippen LogP contribution in [0.2, 0.25) is 0 Å². The zero-order chi connectivity index (χ0) is 15.2. The van der Waals surface area contributed by atoms with Gasteiger partial charge in [0.25, 0.3) is 0 Å². The second kappa shape index (κ2) is 7.62. The molecule has 0 aromatic heterocycles. The van der Waals surface area contributed by atoms with Crippen molar-refractivity contribution >= 4 is 15.9 Å². The summed E-state index contributed by atoms with van der Waals surface area (Å²) in [4.78, 5) is 0. The Morgan fingerprint density at radius 1 is 1.10 bits per heavy atom. The van der Waals surface area contributed by atoms with Crippen LogP contribution in [0.25, 0.3) is 0 Å². The molecule has 2 rings (SSSR count). The summed E-state index contributed by atoms with van der Waals surface area (Å²) in [7, 11) is 0. The molecular weight excluding hydrogens is 326 g/mol. The number of halogens is 1. The maximum atomic E-state index is 6.07. The van der Waals surface area contributed by atoms with Crippen LogP contribution in [-0.4, -0.2) is 6.54 Å². The van der Waals surface area contributed by atoms with Crippen molar-refractivity contribution in [3.63, 3.8) is 0 Å². The van der Waals surface area contributed by atoms with Crippen LogP contribution in [0.5, 0.6) is 5.75 Å². The summed E-state index contributed by atoms with van der Waals surface area (Å²) < 4.78 is 7.08. The quantitative estimate of drug-likeness (QED) is 0.813. The number of aryl methyl sites for hydroxylation is 2. The van der Waals surface area contributed by atoms with E-state index in [9.17, 15) is 0 Å². The molecule has 1 N–H and O–H groups in total. The van der Waals surface area contributed by atoms with Crippen LogP contribution in [0.15, 0.2) is 40.9 Å². The molecular formula is C18H22BrNO. The normalized spacial score (nSPS) is 10.7. The number of nitrogens with one attached hydrogen (secondary N) is 1. The Hall–Kier alpha value is -1.32. The lowest BCUT2D eigenvalue weighted by molar-refractivity contribution is 0.300. The average molecular weight is 348 g/mol. The van der Waals surface area contributed by atoms with E-state index in [4.69, 9.17) is 4.74 Å². The van der Waals surface area contributed by atoms with Crippen LogP contribution in [0.3, 0.4) is 0 Å². The second-order valence-corrected chi connectivity index (χ2v) is 6.15. The average Bonchev–Trinajstić information content (AvgIpc) is 2.43. The van der Waals surface area contributed by atoms with Crippen molar-refractivity contribution in [3.8, 4) is 5.75 Å². The molecule has 0 aliphatic rings. The SMILES string of the molecule is CCNCc1cccc(Br)c1OCc1cc(C)cc(C)c1. The molecule has 2 aromatic carbocycles. The second-order valence-electron chi connectivity index (χ2n) is 5.29. The lowest BCUT2D eigenvalue weighted by Crippen LogP contribution is -2.13. The van der Waals surface area contributed by atoms with Crippen LogP contribution in [0.1, 0.15) is 29.2 Å². The van der Waals surface area contributed by atoms with Gasteiger partial charge in [0.1, 0.15) is 12.4 Å². The fourth-order valence-electron chi connectivity index (χ4n) is 2.42. The maximum Gasteiger partial charge on any atom is 0.138 e. The van der Waals surface area contributed by atoms with Gasteiger partial charge >= 0.3 is 0 Å². The van der Waals surface area contributed by atoms with Crippen LogP contribution in [0, 0.1) is 13.8 Å². The Kier molecular flexibility index (Phi) is 5.83. The van der Waals surface area contributed by atoms with E-state index in [2.05, 4.69) is 66.3 Å². The van der Waals surface area contributed by atoms with Gasteiger partial charge in [0, 0.05) is 12.1 Å². The van der Waals surface area contributed by atoms with Gasteiger partial charge in [-0.05, 0) is 48.0 Å². The zero-order valence-corrected chi connectivity index (χ0v) is 14.5. The number of ether oxygens (including phenoxy) is 1. The molecule has 0 unspecified atom stereocenters. The summed E-state index contributed by atoms with van der Waals surface area (Å²) in [5, 5.41) is 3.35. The van der Waals surface area contributed by atoms with Crippen LogP contribution < -0.4 is 10.1 Å². The van der Waals surface area contributed by atoms with E-state index in [1.807, 2.05) is 12.1 Å². The highest BCUT2D eigenvalue weighted by Gasteiger charge is 2.08. The Morgan fingerprint density at radius 3 is 2.48 bits per heavy atom. The first-order chi connectivity index (χ1) is 10.1. The molecule has 0 heterocycles. The molecule has 0 saturated carbocycles. The maximum absolute atomic E-state index is 6.07. The Labute approximate surface area is 135 Å². The minimum absolute atomic E-state index is 0.588. The highest BCUT2D eigenvalue weighted by atomic mass is 79.9. The highest BCUT2D eigenvalue weighted by molar-refractivity contribution is 9.10. The summed E-state index contributed by atoms with van der Waals surface area (Å²) in [6, 6.07) is 12.7. The molecule has 2 aromatic rings. The Balaban J connectivity index is 2.15. The molecule has 3 heteroatoms. The Morgan fingerprint density at radius 2 is 1.81 bits per heavy atom. The monoisotopic (exact) mass is 347 g/mol. The van der Waals surface area contributed by atoms with Gasteiger partial charge < -0.3 is 10.1 Å². The van der Waals surface area contributed by atoms with E-state index < -0.39 is 0 Å². The molecule has 0 atom stereocenters. The molecule has 0 amide bonds. The molecule has 112 valence electrons. The molecule has 0 aliphatic carbocycles. The van der Waals surface area contributed by atoms with Gasteiger partial charge in [-0.15, -0.1) is 0 Å². The first-order valence-corrected chi connectivity index (χ1v) is 8.07. The third kappa shape index (κ3) is 4.58. The number of hydrogen-bond acceptors (Lipinski definition) is 2. The predicted molar refractivity (Wildman–Crippen MR) is 91.8 cm³/mol. The van der Waals surface area contributed by atoms with Crippen molar-refractivity contribution < 1.29 is 4.74 Å². The van der Waals surface area contributed by atoms with Gasteiger partial charge in [-0.1, -0.05) is 48.4 Å². The number of rotatable bonds is 6. The van der Waals surface area contributed by atoms with Gasteiger partial charge in [-0.25, -0.2) is 0 Å². The first-order valence-electron chi connectivity index (χ1n) is 7.28. The lowest BCUT2D eigenvalue weighted by atomic mass is 10.1. The van der Waals surface area contributed by atoms with E-state index in [1.54, 1.807) is 0 Å². The van der Waals surface area contributed by atoms with E-state index in [1.165, 1.54) is 22.3 Å². The lowest BCUT2D eigenvalue weighted by Gasteiger charge is -2.14. The van der Waals surface area contributed by atoms with Crippen LogP contribution in [0.4, 0.5) is 0 Å². The number of hydrogen-bond donors (Lipinski definition) is 1. The van der Waals surface area contributed by atoms with Gasteiger partial charge in [0.05, 0.1) is 4.47 Å². The number of benzene rings is 2. The summed E-state index contributed by atoms with van der Waals surface area (Å²) in [5.74, 6) is 0.928. The van der Waals surface area contributed by atoms with Crippen molar-refractivity contribution in [2.75, 3.05) is 6.54 Å². The third-order valence-corrected chi connectivity index (χ3v) is 3.90. The molecule has 0 spiro atoms. The molecule has 2 nitrogen and oxygen atoms in total. The first kappa shape index (κ1) is 16.1. The zero-order valence-electron chi connectivity index (χ0n) is 12.9. The molecule has 0 bridgehead atoms. The van der Waals surface area contributed by atoms with Crippen molar-refractivity contribution in [2.45, 2.75) is 33.9 Å². The summed E-state index contributed by atoms with van der Waals surface area (Å²) in [6.45, 7) is 8.69. The fourth-order valence-corrected chi connectivity index (χ4v) is 2.94. The predicted octanol–water partition coefficient (Wildman–Crippen LogP) is 4.75. The van der Waals surface area contributed by atoms with Gasteiger partial charge in [0.2, 0.25) is 0 Å². The largest absolute Gasteiger partial charge is 0.487 e. The standard InChI is InChI=1S/C18H22BrNO/c1-4-20-11-16-6-5-7-17(19)18(16)21-12-15-9-13(2)8-14(3)10-15/h5-10,20H,4,11-12H2,1-3H3. The minimum Gasteiger partial charge on any atom is -0.487 e. The topological polar surface area (TPSA) is 21.3 Å². The summed E-state index contributed by atoms with van der Waals surface area (Å²) >= 11 is 3.59. The van der Waals surface area contributed by atoms with Crippen LogP contribution >= 0.6 is 15.9 Å². The van der Waals surface area contributed by atoms with Crippen molar-refractivity contribution in [2.24, 2.45) is 0 Å². The van der Waals surface area contributed by atoms with Gasteiger partial charge in [0.15, 0.2) is 0 Å². The smallest absolute Gasteiger partial charge is 0.138 e. The van der Waals surface area contributed by atoms with E-state index >= 15 is 0 Å². The van der Waals surface area contributed by atoms with Crippen molar-refractivity contribution in [3.05, 3.63) is 63.1 Å². The molecule has 0 fully saturated rings. The summed E-state index contributed by atoms with van der Waals surface area (Å²) in [5.41, 5.74) is 4.93. The van der Waals surface area contributed by atoms with Gasteiger partial charge in [-0.2, -0.15) is 0 Å². The van der Waals surface area contributed by atoms with Crippen molar-refractivity contribution in [1.29, 1.82) is 0 Å². The van der Waals surface area contributed by atoms with E-state index in [0.717, 1.165) is 23.3 Å². The van der Waals surface area contributed by atoms with Crippen molar-refractivity contribution in [1.82, 2.24) is 5.32 Å². The Bertz CT molecular complexity index is 590.